The van der Waals surface area contributed by atoms with Crippen molar-refractivity contribution < 1.29 is 14.4 Å². The van der Waals surface area contributed by atoms with Crippen molar-refractivity contribution in [1.82, 2.24) is 0 Å². The molecule has 1 atom stereocenters. The third-order valence-corrected chi connectivity index (χ3v) is 4.10. The van der Waals surface area contributed by atoms with E-state index in [9.17, 15) is 10.1 Å². The topological polar surface area (TPSA) is 76.9 Å². The van der Waals surface area contributed by atoms with Crippen molar-refractivity contribution in [2.45, 2.75) is 18.9 Å². The number of nitro groups is 1. The van der Waals surface area contributed by atoms with Crippen molar-refractivity contribution in [3.63, 3.8) is 0 Å². The van der Waals surface area contributed by atoms with Crippen LogP contribution in [0, 0.1) is 10.1 Å². The van der Waals surface area contributed by atoms with Crippen LogP contribution in [-0.2, 0) is 9.47 Å². The van der Waals surface area contributed by atoms with E-state index in [0.29, 0.717) is 25.4 Å². The van der Waals surface area contributed by atoms with Gasteiger partial charge in [0.05, 0.1) is 24.2 Å². The zero-order valence-corrected chi connectivity index (χ0v) is 12.5. The minimum Gasteiger partial charge on any atom is -0.378 e. The number of morpholine rings is 1. The average Bonchev–Trinajstić information content (AvgIpc) is 3.07. The van der Waals surface area contributed by atoms with Crippen LogP contribution in [0.25, 0.3) is 0 Å². The van der Waals surface area contributed by atoms with Crippen LogP contribution in [0.1, 0.15) is 12.8 Å². The fourth-order valence-electron chi connectivity index (χ4n) is 2.87. The standard InChI is InChI=1S/C15H21N3O4/c19-18(20)15-4-3-12(17-5-8-21-9-6-17)10-14(15)16-11-13-2-1-7-22-13/h3-4,10,13,16H,1-2,5-9,11H2/t13-/m0/s1. The van der Waals surface area contributed by atoms with Crippen LogP contribution in [0.3, 0.4) is 0 Å². The SMILES string of the molecule is O=[N+]([O-])c1ccc(N2CCOCC2)cc1NC[C@@H]1CCCO1. The maximum Gasteiger partial charge on any atom is 0.292 e. The van der Waals surface area contributed by atoms with Crippen molar-refractivity contribution in [1.29, 1.82) is 0 Å². The highest BCUT2D eigenvalue weighted by atomic mass is 16.6. The summed E-state index contributed by atoms with van der Waals surface area (Å²) in [6.45, 7) is 4.38. The molecule has 1 aromatic rings. The van der Waals surface area contributed by atoms with Gasteiger partial charge in [0.2, 0.25) is 0 Å². The molecule has 7 heteroatoms. The number of hydrogen-bond acceptors (Lipinski definition) is 6. The lowest BCUT2D eigenvalue weighted by Crippen LogP contribution is -2.36. The predicted molar refractivity (Wildman–Crippen MR) is 83.6 cm³/mol. The molecule has 0 unspecified atom stereocenters. The minimum absolute atomic E-state index is 0.106. The molecule has 2 aliphatic rings. The van der Waals surface area contributed by atoms with E-state index in [0.717, 1.165) is 38.2 Å². The molecule has 0 amide bonds. The van der Waals surface area contributed by atoms with E-state index in [4.69, 9.17) is 9.47 Å². The van der Waals surface area contributed by atoms with Gasteiger partial charge in [0.25, 0.3) is 5.69 Å². The van der Waals surface area contributed by atoms with Crippen molar-refractivity contribution in [3.8, 4) is 0 Å². The van der Waals surface area contributed by atoms with Crippen LogP contribution in [-0.4, -0.2) is 50.5 Å². The Labute approximate surface area is 129 Å². The Bertz CT molecular complexity index is 526. The van der Waals surface area contributed by atoms with E-state index >= 15 is 0 Å². The van der Waals surface area contributed by atoms with Crippen molar-refractivity contribution in [2.24, 2.45) is 0 Å². The largest absolute Gasteiger partial charge is 0.378 e. The van der Waals surface area contributed by atoms with Gasteiger partial charge >= 0.3 is 0 Å². The molecule has 2 saturated heterocycles. The van der Waals surface area contributed by atoms with Gasteiger partial charge in [-0.25, -0.2) is 0 Å². The Hall–Kier alpha value is -1.86. The van der Waals surface area contributed by atoms with E-state index < -0.39 is 0 Å². The first kappa shape index (κ1) is 15.1. The Morgan fingerprint density at radius 2 is 2.14 bits per heavy atom. The molecule has 3 rings (SSSR count). The van der Waals surface area contributed by atoms with Crippen LogP contribution in [0.2, 0.25) is 0 Å². The molecule has 120 valence electrons. The van der Waals surface area contributed by atoms with Gasteiger partial charge in [-0.3, -0.25) is 10.1 Å². The number of anilines is 2. The van der Waals surface area contributed by atoms with E-state index in [2.05, 4.69) is 10.2 Å². The predicted octanol–water partition coefficient (Wildman–Crippen LogP) is 2.02. The van der Waals surface area contributed by atoms with Gasteiger partial charge in [-0.2, -0.15) is 0 Å². The smallest absolute Gasteiger partial charge is 0.292 e. The first-order chi connectivity index (χ1) is 10.7. The summed E-state index contributed by atoms with van der Waals surface area (Å²) in [7, 11) is 0. The Morgan fingerprint density at radius 1 is 1.32 bits per heavy atom. The molecule has 22 heavy (non-hydrogen) atoms. The normalized spacial score (nSPS) is 21.8. The second-order valence-electron chi connectivity index (χ2n) is 5.57. The second-order valence-corrected chi connectivity index (χ2v) is 5.57. The summed E-state index contributed by atoms with van der Waals surface area (Å²) in [4.78, 5) is 13.0. The number of benzene rings is 1. The van der Waals surface area contributed by atoms with Gasteiger partial charge in [-0.05, 0) is 25.0 Å². The van der Waals surface area contributed by atoms with Crippen molar-refractivity contribution >= 4 is 17.1 Å². The van der Waals surface area contributed by atoms with Gasteiger partial charge < -0.3 is 19.7 Å². The van der Waals surface area contributed by atoms with E-state index in [1.54, 1.807) is 12.1 Å². The molecular formula is C15H21N3O4. The van der Waals surface area contributed by atoms with Gasteiger partial charge in [0.1, 0.15) is 5.69 Å². The third kappa shape index (κ3) is 3.48. The van der Waals surface area contributed by atoms with Crippen LogP contribution in [0.5, 0.6) is 0 Å². The molecule has 2 fully saturated rings. The summed E-state index contributed by atoms with van der Waals surface area (Å²) >= 11 is 0. The quantitative estimate of drug-likeness (QED) is 0.662. The van der Waals surface area contributed by atoms with E-state index in [1.807, 2.05) is 6.07 Å². The Balaban J connectivity index is 1.75. The lowest BCUT2D eigenvalue weighted by atomic mass is 10.2. The summed E-state index contributed by atoms with van der Waals surface area (Å²) in [6, 6.07) is 5.24. The van der Waals surface area contributed by atoms with Crippen LogP contribution < -0.4 is 10.2 Å². The summed E-state index contributed by atoms with van der Waals surface area (Å²) < 4.78 is 10.9. The van der Waals surface area contributed by atoms with Gasteiger partial charge in [-0.15, -0.1) is 0 Å². The Kier molecular flexibility index (Phi) is 4.74. The van der Waals surface area contributed by atoms with Gasteiger partial charge in [0.15, 0.2) is 0 Å². The average molecular weight is 307 g/mol. The monoisotopic (exact) mass is 307 g/mol. The molecule has 2 aliphatic heterocycles. The van der Waals surface area contributed by atoms with Gasteiger partial charge in [-0.1, -0.05) is 0 Å². The fraction of sp³-hybridized carbons (Fsp3) is 0.600. The number of ether oxygens (including phenoxy) is 2. The molecular weight excluding hydrogens is 286 g/mol. The molecule has 0 bridgehead atoms. The minimum atomic E-state index is -0.346. The van der Waals surface area contributed by atoms with Crippen molar-refractivity contribution in [3.05, 3.63) is 28.3 Å². The zero-order chi connectivity index (χ0) is 15.4. The summed E-state index contributed by atoms with van der Waals surface area (Å²) in [6.07, 6.45) is 2.21. The molecule has 1 aromatic carbocycles. The summed E-state index contributed by atoms with van der Waals surface area (Å²) in [5.41, 5.74) is 1.66. The highest BCUT2D eigenvalue weighted by Crippen LogP contribution is 2.30. The lowest BCUT2D eigenvalue weighted by molar-refractivity contribution is -0.383. The number of rotatable bonds is 5. The molecule has 0 spiro atoms. The summed E-state index contributed by atoms with van der Waals surface area (Å²) in [5, 5.41) is 14.4. The third-order valence-electron chi connectivity index (χ3n) is 4.10. The lowest BCUT2D eigenvalue weighted by Gasteiger charge is -2.29. The molecule has 0 aliphatic carbocycles. The number of nitrogens with one attached hydrogen (secondary N) is 1. The highest BCUT2D eigenvalue weighted by Gasteiger charge is 2.20. The highest BCUT2D eigenvalue weighted by molar-refractivity contribution is 5.69. The van der Waals surface area contributed by atoms with Crippen molar-refractivity contribution in [2.75, 3.05) is 49.7 Å². The first-order valence-corrected chi connectivity index (χ1v) is 7.70. The maximum absolute atomic E-state index is 11.2. The molecule has 7 nitrogen and oxygen atoms in total. The zero-order valence-electron chi connectivity index (χ0n) is 12.5. The molecule has 0 aromatic heterocycles. The van der Waals surface area contributed by atoms with Crippen LogP contribution >= 0.6 is 0 Å². The number of nitro benzene ring substituents is 1. The number of hydrogen-bond donors (Lipinski definition) is 1. The Morgan fingerprint density at radius 3 is 2.82 bits per heavy atom. The molecule has 0 saturated carbocycles. The van der Waals surface area contributed by atoms with Crippen LogP contribution in [0.15, 0.2) is 18.2 Å². The van der Waals surface area contributed by atoms with Gasteiger partial charge in [0, 0.05) is 38.0 Å². The second kappa shape index (κ2) is 6.93. The maximum atomic E-state index is 11.2. The van der Waals surface area contributed by atoms with E-state index in [-0.39, 0.29) is 16.7 Å². The molecule has 0 radical (unpaired) electrons. The molecule has 1 N–H and O–H groups in total. The summed E-state index contributed by atoms with van der Waals surface area (Å²) in [5.74, 6) is 0. The van der Waals surface area contributed by atoms with Crippen LogP contribution in [0.4, 0.5) is 17.1 Å². The number of nitrogens with zero attached hydrogens (tertiary/aromatic N) is 2. The van der Waals surface area contributed by atoms with E-state index in [1.165, 1.54) is 0 Å². The molecule has 2 heterocycles. The first-order valence-electron chi connectivity index (χ1n) is 7.70. The fourth-order valence-corrected chi connectivity index (χ4v) is 2.87.